The third-order valence-corrected chi connectivity index (χ3v) is 3.77. The van der Waals surface area contributed by atoms with E-state index in [0.717, 1.165) is 4.47 Å². The predicted molar refractivity (Wildman–Crippen MR) is 89.6 cm³/mol. The number of para-hydroxylation sites is 1. The average Bonchev–Trinajstić information content (AvgIpc) is 2.99. The third-order valence-electron chi connectivity index (χ3n) is 2.93. The van der Waals surface area contributed by atoms with E-state index in [1.807, 2.05) is 24.3 Å². The van der Waals surface area contributed by atoms with E-state index in [0.29, 0.717) is 24.5 Å². The average molecular weight is 401 g/mol. The fraction of sp³-hybridized carbons (Fsp3) is 0.250. The molecule has 0 unspecified atom stereocenters. The van der Waals surface area contributed by atoms with Gasteiger partial charge in [-0.25, -0.2) is 0 Å². The molecular weight excluding hydrogens is 386 g/mol. The first-order chi connectivity index (χ1) is 11.1. The summed E-state index contributed by atoms with van der Waals surface area (Å²) in [6.07, 6.45) is 0.720. The van der Waals surface area contributed by atoms with Gasteiger partial charge in [0, 0.05) is 13.0 Å². The van der Waals surface area contributed by atoms with Crippen LogP contribution in [0.15, 0.2) is 45.3 Å². The molecule has 122 valence electrons. The Kier molecular flexibility index (Phi) is 6.67. The van der Waals surface area contributed by atoms with Crippen LogP contribution in [0.1, 0.15) is 29.2 Å². The molecule has 0 spiro atoms. The van der Waals surface area contributed by atoms with Crippen LogP contribution < -0.4 is 10.1 Å². The summed E-state index contributed by atoms with van der Waals surface area (Å²) < 4.78 is 11.9. The van der Waals surface area contributed by atoms with Crippen molar-refractivity contribution in [1.29, 1.82) is 0 Å². The topological polar surface area (TPSA) is 68.5 Å². The molecule has 2 aromatic rings. The normalized spacial score (nSPS) is 10.3. The maximum Gasteiger partial charge on any atom is 0.286 e. The second kappa shape index (κ2) is 8.74. The Morgan fingerprint density at radius 2 is 2.00 bits per heavy atom. The third kappa shape index (κ3) is 5.73. The zero-order chi connectivity index (χ0) is 16.7. The Balaban J connectivity index is 1.82. The highest BCUT2D eigenvalue weighted by atomic mass is 79.9. The first-order valence-electron chi connectivity index (χ1n) is 6.99. The second-order valence-corrected chi connectivity index (χ2v) is 5.98. The van der Waals surface area contributed by atoms with Crippen LogP contribution in [0.25, 0.3) is 0 Å². The van der Waals surface area contributed by atoms with Crippen molar-refractivity contribution in [1.82, 2.24) is 5.32 Å². The molecule has 1 N–H and O–H groups in total. The molecule has 0 saturated heterocycles. The number of benzene rings is 1. The van der Waals surface area contributed by atoms with E-state index in [4.69, 9.17) is 20.8 Å². The molecule has 0 aliphatic heterocycles. The Labute approximate surface area is 147 Å². The lowest BCUT2D eigenvalue weighted by Gasteiger charge is -2.06. The smallest absolute Gasteiger partial charge is 0.286 e. The van der Waals surface area contributed by atoms with Crippen LogP contribution >= 0.6 is 27.5 Å². The van der Waals surface area contributed by atoms with Gasteiger partial charge in [0.05, 0.1) is 4.47 Å². The molecule has 0 atom stereocenters. The van der Waals surface area contributed by atoms with E-state index in [1.54, 1.807) is 12.1 Å². The van der Waals surface area contributed by atoms with Crippen LogP contribution in [-0.2, 0) is 11.4 Å². The van der Waals surface area contributed by atoms with Gasteiger partial charge in [-0.2, -0.15) is 0 Å². The molecule has 0 bridgehead atoms. The van der Waals surface area contributed by atoms with Gasteiger partial charge in [0.2, 0.25) is 5.24 Å². The molecule has 23 heavy (non-hydrogen) atoms. The van der Waals surface area contributed by atoms with E-state index in [2.05, 4.69) is 21.2 Å². The standard InChI is InChI=1S/C16H15BrClNO4/c17-12-4-1-2-5-13(12)22-10-11-7-8-14(23-11)16(21)19-9-3-6-15(18)20/h1-2,4-5,7-8H,3,6,9-10H2,(H,19,21). The molecule has 5 nitrogen and oxygen atoms in total. The highest BCUT2D eigenvalue weighted by Crippen LogP contribution is 2.24. The molecule has 1 aromatic heterocycles. The van der Waals surface area contributed by atoms with Gasteiger partial charge < -0.3 is 14.5 Å². The van der Waals surface area contributed by atoms with Crippen molar-refractivity contribution in [2.45, 2.75) is 19.4 Å². The van der Waals surface area contributed by atoms with Crippen LogP contribution in [0, 0.1) is 0 Å². The molecule has 0 fully saturated rings. The highest BCUT2D eigenvalue weighted by molar-refractivity contribution is 9.10. The summed E-state index contributed by atoms with van der Waals surface area (Å²) in [6, 6.07) is 10.7. The second-order valence-electron chi connectivity index (χ2n) is 4.70. The minimum absolute atomic E-state index is 0.202. The Bertz CT molecular complexity index is 686. The number of furan rings is 1. The van der Waals surface area contributed by atoms with Crippen LogP contribution in [0.5, 0.6) is 5.75 Å². The first-order valence-corrected chi connectivity index (χ1v) is 8.16. The van der Waals surface area contributed by atoms with Gasteiger partial charge in [-0.15, -0.1) is 0 Å². The van der Waals surface area contributed by atoms with Crippen molar-refractivity contribution in [2.24, 2.45) is 0 Å². The Hall–Kier alpha value is -1.79. The fourth-order valence-electron chi connectivity index (χ4n) is 1.80. The largest absolute Gasteiger partial charge is 0.484 e. The van der Waals surface area contributed by atoms with E-state index >= 15 is 0 Å². The Morgan fingerprint density at radius 1 is 1.22 bits per heavy atom. The summed E-state index contributed by atoms with van der Waals surface area (Å²) in [5.41, 5.74) is 0. The molecule has 0 radical (unpaired) electrons. The van der Waals surface area contributed by atoms with Crippen LogP contribution in [0.4, 0.5) is 0 Å². The first kappa shape index (κ1) is 17.6. The molecule has 7 heteroatoms. The number of halogens is 2. The van der Waals surface area contributed by atoms with Crippen molar-refractivity contribution in [3.05, 3.63) is 52.4 Å². The van der Waals surface area contributed by atoms with Crippen molar-refractivity contribution in [3.8, 4) is 5.75 Å². The number of hydrogen-bond donors (Lipinski definition) is 1. The van der Waals surface area contributed by atoms with Gasteiger partial charge in [-0.05, 0) is 58.2 Å². The number of amides is 1. The molecule has 0 aliphatic carbocycles. The number of ether oxygens (including phenoxy) is 1. The molecular formula is C16H15BrClNO4. The minimum Gasteiger partial charge on any atom is -0.484 e. The van der Waals surface area contributed by atoms with E-state index in [9.17, 15) is 9.59 Å². The van der Waals surface area contributed by atoms with Crippen LogP contribution in [0.2, 0.25) is 0 Å². The van der Waals surface area contributed by atoms with Crippen molar-refractivity contribution < 1.29 is 18.7 Å². The lowest BCUT2D eigenvalue weighted by atomic mass is 10.3. The maximum atomic E-state index is 11.9. The summed E-state index contributed by atoms with van der Waals surface area (Å²) in [6.45, 7) is 0.581. The summed E-state index contributed by atoms with van der Waals surface area (Å²) >= 11 is 8.61. The van der Waals surface area contributed by atoms with Gasteiger partial charge in [-0.3, -0.25) is 9.59 Å². The van der Waals surface area contributed by atoms with Crippen LogP contribution in [-0.4, -0.2) is 17.7 Å². The minimum atomic E-state index is -0.413. The molecule has 1 heterocycles. The van der Waals surface area contributed by atoms with E-state index in [1.165, 1.54) is 0 Å². The number of rotatable bonds is 8. The van der Waals surface area contributed by atoms with Gasteiger partial charge in [0.1, 0.15) is 18.1 Å². The van der Waals surface area contributed by atoms with Gasteiger partial charge in [-0.1, -0.05) is 12.1 Å². The van der Waals surface area contributed by atoms with Gasteiger partial charge in [0.15, 0.2) is 5.76 Å². The summed E-state index contributed by atoms with van der Waals surface area (Å²) in [4.78, 5) is 22.5. The number of hydrogen-bond acceptors (Lipinski definition) is 4. The SMILES string of the molecule is O=C(Cl)CCCNC(=O)c1ccc(COc2ccccc2Br)o1. The monoisotopic (exact) mass is 399 g/mol. The zero-order valence-electron chi connectivity index (χ0n) is 12.2. The van der Waals surface area contributed by atoms with E-state index < -0.39 is 5.24 Å². The van der Waals surface area contributed by atoms with Crippen molar-refractivity contribution >= 4 is 38.7 Å². The lowest BCUT2D eigenvalue weighted by molar-refractivity contribution is -0.111. The number of carbonyl (C=O) groups excluding carboxylic acids is 2. The molecule has 1 aromatic carbocycles. The quantitative estimate of drug-likeness (QED) is 0.539. The molecule has 0 aliphatic rings. The zero-order valence-corrected chi connectivity index (χ0v) is 14.5. The number of nitrogens with one attached hydrogen (secondary N) is 1. The van der Waals surface area contributed by atoms with Gasteiger partial charge >= 0.3 is 0 Å². The van der Waals surface area contributed by atoms with Crippen molar-refractivity contribution in [3.63, 3.8) is 0 Å². The summed E-state index contributed by atoms with van der Waals surface area (Å²) in [5, 5.41) is 2.25. The maximum absolute atomic E-state index is 11.9. The fourth-order valence-corrected chi connectivity index (χ4v) is 2.34. The van der Waals surface area contributed by atoms with Crippen molar-refractivity contribution in [2.75, 3.05) is 6.54 Å². The van der Waals surface area contributed by atoms with Gasteiger partial charge in [0.25, 0.3) is 5.91 Å². The Morgan fingerprint density at radius 3 is 2.74 bits per heavy atom. The lowest BCUT2D eigenvalue weighted by Crippen LogP contribution is -2.24. The molecule has 0 saturated carbocycles. The number of carbonyl (C=O) groups is 2. The van der Waals surface area contributed by atoms with E-state index in [-0.39, 0.29) is 24.7 Å². The summed E-state index contributed by atoms with van der Waals surface area (Å²) in [7, 11) is 0. The molecule has 1 amide bonds. The predicted octanol–water partition coefficient (Wildman–Crippen LogP) is 3.90. The summed E-state index contributed by atoms with van der Waals surface area (Å²) in [5.74, 6) is 1.11. The molecule has 2 rings (SSSR count). The highest BCUT2D eigenvalue weighted by Gasteiger charge is 2.11. The van der Waals surface area contributed by atoms with Crippen LogP contribution in [0.3, 0.4) is 0 Å².